The van der Waals surface area contributed by atoms with E-state index >= 15 is 0 Å². The highest BCUT2D eigenvalue weighted by Gasteiger charge is 2.25. The number of quaternary nitrogens is 1. The third kappa shape index (κ3) is 8.88. The smallest absolute Gasteiger partial charge is 0.246 e. The molecule has 0 spiro atoms. The van der Waals surface area contributed by atoms with Crippen LogP contribution in [0.4, 0.5) is 5.69 Å². The molecule has 0 aliphatic heterocycles. The summed E-state index contributed by atoms with van der Waals surface area (Å²) in [4.78, 5) is 30.7. The summed E-state index contributed by atoms with van der Waals surface area (Å²) in [5.74, 6) is -0.604. The van der Waals surface area contributed by atoms with Gasteiger partial charge in [-0.15, -0.1) is 0 Å². The molecule has 3 aromatic rings. The van der Waals surface area contributed by atoms with Gasteiger partial charge in [-0.3, -0.25) is 14.6 Å². The van der Waals surface area contributed by atoms with Crippen LogP contribution in [0.5, 0.6) is 0 Å². The number of aromatic nitrogens is 1. The average Bonchev–Trinajstić information content (AvgIpc) is 2.91. The van der Waals surface area contributed by atoms with Crippen LogP contribution < -0.4 is 27.8 Å². The molecule has 2 atom stereocenters. The first-order chi connectivity index (χ1) is 18.3. The number of likely N-dealkylation sites (N-methyl/N-ethyl adjacent to an activating group) is 1. The number of anilines is 1. The molecule has 9 heteroatoms. The van der Waals surface area contributed by atoms with E-state index in [1.54, 1.807) is 6.20 Å². The van der Waals surface area contributed by atoms with Crippen LogP contribution in [0.15, 0.2) is 66.9 Å². The molecule has 0 fully saturated rings. The molecule has 0 aliphatic rings. The Bertz CT molecular complexity index is 1170. The molecule has 8 N–H and O–H groups in total. The number of benzene rings is 2. The lowest BCUT2D eigenvalue weighted by atomic mass is 10.0. The van der Waals surface area contributed by atoms with E-state index in [4.69, 9.17) is 17.2 Å². The standard InChI is InChI=1S/C29H41N7O2/c1-36(19-15-30,20-16-31)18-6-10-25(32)28(37)35-27(13-11-22-7-3-2-4-8-22)29(38)34-24-12-14-26-23(21-24)9-5-17-33-26/h2-5,7-9,12,14,17,21,25,27H,6,10-11,13,15-16,18-20,30-32H2,1H3,(H-,34,35,37,38)/p+1/t25-,27-/m0/s1. The second-order valence-electron chi connectivity index (χ2n) is 10.1. The Morgan fingerprint density at radius 3 is 2.37 bits per heavy atom. The van der Waals surface area contributed by atoms with E-state index in [0.717, 1.165) is 47.0 Å². The summed E-state index contributed by atoms with van der Waals surface area (Å²) in [6, 6.07) is 17.8. The highest BCUT2D eigenvalue weighted by molar-refractivity contribution is 5.99. The van der Waals surface area contributed by atoms with Crippen LogP contribution in [0.2, 0.25) is 0 Å². The van der Waals surface area contributed by atoms with E-state index in [2.05, 4.69) is 22.7 Å². The number of nitrogens with one attached hydrogen (secondary N) is 2. The fraction of sp³-hybridized carbons (Fsp3) is 0.414. The normalized spacial score (nSPS) is 13.2. The fourth-order valence-corrected chi connectivity index (χ4v) is 4.67. The van der Waals surface area contributed by atoms with Crippen LogP contribution >= 0.6 is 0 Å². The zero-order chi connectivity index (χ0) is 27.4. The van der Waals surface area contributed by atoms with Gasteiger partial charge in [0.25, 0.3) is 0 Å². The molecule has 38 heavy (non-hydrogen) atoms. The van der Waals surface area contributed by atoms with E-state index in [-0.39, 0.29) is 11.8 Å². The maximum atomic E-state index is 13.3. The number of hydrogen-bond donors (Lipinski definition) is 5. The summed E-state index contributed by atoms with van der Waals surface area (Å²) in [7, 11) is 2.12. The van der Waals surface area contributed by atoms with Gasteiger partial charge in [-0.1, -0.05) is 36.4 Å². The minimum absolute atomic E-state index is 0.278. The number of pyridine rings is 1. The van der Waals surface area contributed by atoms with Crippen LogP contribution in [-0.4, -0.2) is 73.1 Å². The van der Waals surface area contributed by atoms with Crippen molar-refractivity contribution in [2.75, 3.05) is 45.1 Å². The molecule has 0 unspecified atom stereocenters. The van der Waals surface area contributed by atoms with Crippen molar-refractivity contribution >= 4 is 28.4 Å². The number of hydrogen-bond acceptors (Lipinski definition) is 6. The number of amides is 2. The van der Waals surface area contributed by atoms with Gasteiger partial charge in [0, 0.05) is 30.4 Å². The van der Waals surface area contributed by atoms with E-state index in [1.165, 1.54) is 0 Å². The maximum Gasteiger partial charge on any atom is 0.246 e. The minimum atomic E-state index is -0.728. The fourth-order valence-electron chi connectivity index (χ4n) is 4.67. The molecule has 0 aliphatic carbocycles. The van der Waals surface area contributed by atoms with Crippen molar-refractivity contribution in [3.8, 4) is 0 Å². The Labute approximate surface area is 225 Å². The number of carbonyl (C=O) groups excluding carboxylic acids is 2. The van der Waals surface area contributed by atoms with Crippen LogP contribution in [-0.2, 0) is 16.0 Å². The largest absolute Gasteiger partial charge is 0.343 e. The molecule has 3 rings (SSSR count). The van der Waals surface area contributed by atoms with Gasteiger partial charge < -0.3 is 32.3 Å². The van der Waals surface area contributed by atoms with Crippen molar-refractivity contribution in [2.24, 2.45) is 17.2 Å². The molecule has 204 valence electrons. The van der Waals surface area contributed by atoms with Crippen molar-refractivity contribution in [1.82, 2.24) is 10.3 Å². The zero-order valence-electron chi connectivity index (χ0n) is 22.3. The molecule has 9 nitrogen and oxygen atoms in total. The van der Waals surface area contributed by atoms with Crippen LogP contribution in [0.1, 0.15) is 24.8 Å². The molecule has 0 radical (unpaired) electrons. The average molecular weight is 521 g/mol. The summed E-state index contributed by atoms with van der Waals surface area (Å²) in [6.45, 7) is 3.64. The zero-order valence-corrected chi connectivity index (χ0v) is 22.3. The predicted molar refractivity (Wildman–Crippen MR) is 153 cm³/mol. The quantitative estimate of drug-likeness (QED) is 0.193. The van der Waals surface area contributed by atoms with E-state index < -0.39 is 12.1 Å². The van der Waals surface area contributed by atoms with Crippen molar-refractivity contribution in [1.29, 1.82) is 0 Å². The molecule has 1 heterocycles. The second kappa shape index (κ2) is 14.5. The number of fused-ring (bicyclic) bond motifs is 1. The SMILES string of the molecule is C[N+](CCN)(CCN)CCC[C@H](N)C(=O)N[C@@H](CCc1ccccc1)C(=O)Nc1ccc2ncccc2c1. The van der Waals surface area contributed by atoms with Crippen molar-refractivity contribution in [3.05, 3.63) is 72.4 Å². The van der Waals surface area contributed by atoms with Crippen molar-refractivity contribution in [2.45, 2.75) is 37.8 Å². The Morgan fingerprint density at radius 1 is 0.921 bits per heavy atom. The molecule has 2 aromatic carbocycles. The molecular formula is C29H42N7O2+. The number of rotatable bonds is 15. The lowest BCUT2D eigenvalue weighted by molar-refractivity contribution is -0.907. The molecule has 0 bridgehead atoms. The molecule has 0 saturated heterocycles. The van der Waals surface area contributed by atoms with E-state index in [0.29, 0.717) is 38.0 Å². The van der Waals surface area contributed by atoms with Gasteiger partial charge in [0.05, 0.1) is 38.2 Å². The monoisotopic (exact) mass is 520 g/mol. The number of nitrogens with zero attached hydrogens (tertiary/aromatic N) is 2. The van der Waals surface area contributed by atoms with E-state index in [9.17, 15) is 9.59 Å². The molecule has 2 amide bonds. The second-order valence-corrected chi connectivity index (χ2v) is 10.1. The minimum Gasteiger partial charge on any atom is -0.343 e. The van der Waals surface area contributed by atoms with Gasteiger partial charge in [-0.05, 0) is 55.5 Å². The van der Waals surface area contributed by atoms with Crippen LogP contribution in [0.25, 0.3) is 10.9 Å². The molecule has 1 aromatic heterocycles. The van der Waals surface area contributed by atoms with Crippen LogP contribution in [0, 0.1) is 0 Å². The summed E-state index contributed by atoms with van der Waals surface area (Å²) >= 11 is 0. The Hall–Kier alpha value is -3.37. The van der Waals surface area contributed by atoms with Gasteiger partial charge in [0.2, 0.25) is 11.8 Å². The topological polar surface area (TPSA) is 149 Å². The predicted octanol–water partition coefficient (Wildman–Crippen LogP) is 1.76. The summed E-state index contributed by atoms with van der Waals surface area (Å²) in [5.41, 5.74) is 20.4. The van der Waals surface area contributed by atoms with Gasteiger partial charge in [-0.2, -0.15) is 0 Å². The van der Waals surface area contributed by atoms with Crippen molar-refractivity contribution < 1.29 is 14.1 Å². The maximum absolute atomic E-state index is 13.3. The first-order valence-corrected chi connectivity index (χ1v) is 13.3. The third-order valence-corrected chi connectivity index (χ3v) is 6.96. The molecular weight excluding hydrogens is 478 g/mol. The first-order valence-electron chi connectivity index (χ1n) is 13.3. The Morgan fingerprint density at radius 2 is 1.66 bits per heavy atom. The van der Waals surface area contributed by atoms with Gasteiger partial charge in [0.15, 0.2) is 0 Å². The highest BCUT2D eigenvalue weighted by atomic mass is 16.2. The summed E-state index contributed by atoms with van der Waals surface area (Å²) in [5, 5.41) is 6.79. The molecule has 0 saturated carbocycles. The third-order valence-electron chi connectivity index (χ3n) is 6.96. The van der Waals surface area contributed by atoms with Gasteiger partial charge in [0.1, 0.15) is 6.04 Å². The number of nitrogens with two attached hydrogens (primary N) is 3. The Balaban J connectivity index is 1.63. The van der Waals surface area contributed by atoms with E-state index in [1.807, 2.05) is 60.7 Å². The first kappa shape index (κ1) is 29.2. The summed E-state index contributed by atoms with van der Waals surface area (Å²) < 4.78 is 0.755. The lowest BCUT2D eigenvalue weighted by Gasteiger charge is -2.34. The van der Waals surface area contributed by atoms with Gasteiger partial charge in [-0.25, -0.2) is 0 Å². The van der Waals surface area contributed by atoms with Crippen LogP contribution in [0.3, 0.4) is 0 Å². The lowest BCUT2D eigenvalue weighted by Crippen LogP contribution is -2.52. The number of carbonyl (C=O) groups is 2. The van der Waals surface area contributed by atoms with Crippen molar-refractivity contribution in [3.63, 3.8) is 0 Å². The van der Waals surface area contributed by atoms with Gasteiger partial charge >= 0.3 is 0 Å². The Kier molecular flexibility index (Phi) is 11.2. The number of aryl methyl sites for hydroxylation is 1. The summed E-state index contributed by atoms with van der Waals surface area (Å²) in [6.07, 6.45) is 4.10. The highest BCUT2D eigenvalue weighted by Crippen LogP contribution is 2.18.